The molecular weight excluding hydrogens is 479 g/mol. The van der Waals surface area contributed by atoms with E-state index in [-0.39, 0.29) is 42.9 Å². The number of unbranched alkanes of at least 4 members (excludes halogenated alkanes) is 26. The van der Waals surface area contributed by atoms with E-state index >= 15 is 0 Å². The van der Waals surface area contributed by atoms with Gasteiger partial charge in [-0.3, -0.25) is 9.59 Å². The molecule has 0 atom stereocenters. The molecule has 0 aliphatic carbocycles. The molecular formula is C34H67NaO3. The zero-order valence-electron chi connectivity index (χ0n) is 27.4. The summed E-state index contributed by atoms with van der Waals surface area (Å²) in [6, 6.07) is 0. The van der Waals surface area contributed by atoms with E-state index in [2.05, 4.69) is 13.8 Å². The summed E-state index contributed by atoms with van der Waals surface area (Å²) in [5.41, 5.74) is 0. The van der Waals surface area contributed by atoms with E-state index in [9.17, 15) is 9.59 Å². The second-order valence-corrected chi connectivity index (χ2v) is 11.5. The third-order valence-electron chi connectivity index (χ3n) is 7.70. The monoisotopic (exact) mass is 546 g/mol. The average molecular weight is 547 g/mol. The Morgan fingerprint density at radius 1 is 0.368 bits per heavy atom. The first-order valence-electron chi connectivity index (χ1n) is 16.9. The standard InChI is InChI=1S/C34H66O3.Na.H/c1-3-5-7-9-11-13-15-17-18-20-22-24-26-28-30-32-34(36)37-33(35)31-29-27-25-23-21-19-16-14-12-10-8-6-4-2;;/h3-32H2,1-2H3;;/q;+1;-1. The van der Waals surface area contributed by atoms with Crippen molar-refractivity contribution in [2.24, 2.45) is 0 Å². The molecule has 0 radical (unpaired) electrons. The van der Waals surface area contributed by atoms with E-state index in [4.69, 9.17) is 4.74 Å². The van der Waals surface area contributed by atoms with Gasteiger partial charge in [0.15, 0.2) is 0 Å². The van der Waals surface area contributed by atoms with Crippen molar-refractivity contribution < 1.29 is 45.3 Å². The van der Waals surface area contributed by atoms with Crippen molar-refractivity contribution in [3.8, 4) is 0 Å². The van der Waals surface area contributed by atoms with Crippen molar-refractivity contribution in [3.05, 3.63) is 0 Å². The van der Waals surface area contributed by atoms with Crippen LogP contribution in [-0.2, 0) is 14.3 Å². The first kappa shape index (κ1) is 40.3. The molecule has 0 heterocycles. The van der Waals surface area contributed by atoms with Gasteiger partial charge in [0.25, 0.3) is 0 Å². The van der Waals surface area contributed by atoms with Crippen LogP contribution in [0.25, 0.3) is 0 Å². The Balaban J connectivity index is -0.00000648. The maximum Gasteiger partial charge on any atom is 1.00 e. The topological polar surface area (TPSA) is 43.4 Å². The van der Waals surface area contributed by atoms with Crippen LogP contribution in [-0.4, -0.2) is 11.9 Å². The predicted octanol–water partition coefficient (Wildman–Crippen LogP) is 8.92. The molecule has 38 heavy (non-hydrogen) atoms. The molecule has 0 fully saturated rings. The average Bonchev–Trinajstić information content (AvgIpc) is 2.89. The fourth-order valence-corrected chi connectivity index (χ4v) is 5.16. The Bertz CT molecular complexity index is 487. The van der Waals surface area contributed by atoms with E-state index < -0.39 is 0 Å². The normalized spacial score (nSPS) is 10.9. The van der Waals surface area contributed by atoms with Gasteiger partial charge in [-0.05, 0) is 12.8 Å². The third-order valence-corrected chi connectivity index (χ3v) is 7.70. The summed E-state index contributed by atoms with van der Waals surface area (Å²) in [6.45, 7) is 4.55. The van der Waals surface area contributed by atoms with Crippen LogP contribution in [0, 0.1) is 0 Å². The van der Waals surface area contributed by atoms with E-state index in [0.29, 0.717) is 12.8 Å². The number of rotatable bonds is 30. The summed E-state index contributed by atoms with van der Waals surface area (Å²) in [7, 11) is 0. The van der Waals surface area contributed by atoms with Gasteiger partial charge in [-0.25, -0.2) is 0 Å². The molecule has 0 saturated heterocycles. The summed E-state index contributed by atoms with van der Waals surface area (Å²) in [6.07, 6.45) is 37.2. The molecule has 3 nitrogen and oxygen atoms in total. The molecule has 0 unspecified atom stereocenters. The maximum absolute atomic E-state index is 11.9. The summed E-state index contributed by atoms with van der Waals surface area (Å²) in [4.78, 5) is 23.8. The first-order valence-corrected chi connectivity index (χ1v) is 16.9. The van der Waals surface area contributed by atoms with Gasteiger partial charge in [-0.15, -0.1) is 0 Å². The van der Waals surface area contributed by atoms with Crippen molar-refractivity contribution in [1.29, 1.82) is 0 Å². The van der Waals surface area contributed by atoms with Crippen LogP contribution in [0.2, 0.25) is 0 Å². The number of ether oxygens (including phenoxy) is 1. The van der Waals surface area contributed by atoms with Gasteiger partial charge in [-0.1, -0.05) is 181 Å². The fraction of sp³-hybridized carbons (Fsp3) is 0.941. The Morgan fingerprint density at radius 3 is 0.763 bits per heavy atom. The number of hydrogen-bond acceptors (Lipinski definition) is 3. The Hall–Kier alpha value is 0.140. The number of carbonyl (C=O) groups excluding carboxylic acids is 2. The second-order valence-electron chi connectivity index (χ2n) is 11.5. The molecule has 0 spiro atoms. The minimum Gasteiger partial charge on any atom is -1.00 e. The zero-order valence-corrected chi connectivity index (χ0v) is 28.4. The van der Waals surface area contributed by atoms with Gasteiger partial charge in [0.2, 0.25) is 0 Å². The second kappa shape index (κ2) is 35.2. The number of carbonyl (C=O) groups is 2. The summed E-state index contributed by atoms with van der Waals surface area (Å²) in [5.74, 6) is -0.650. The van der Waals surface area contributed by atoms with Crippen molar-refractivity contribution in [2.75, 3.05) is 0 Å². The molecule has 0 N–H and O–H groups in total. The smallest absolute Gasteiger partial charge is 1.00 e. The molecule has 0 amide bonds. The molecule has 0 aromatic rings. The van der Waals surface area contributed by atoms with Gasteiger partial charge >= 0.3 is 41.5 Å². The molecule has 0 rings (SSSR count). The van der Waals surface area contributed by atoms with Crippen molar-refractivity contribution in [1.82, 2.24) is 0 Å². The van der Waals surface area contributed by atoms with Crippen LogP contribution in [0.5, 0.6) is 0 Å². The minimum atomic E-state index is -0.325. The molecule has 0 bridgehead atoms. The zero-order chi connectivity index (χ0) is 27.1. The van der Waals surface area contributed by atoms with Gasteiger partial charge in [0.1, 0.15) is 0 Å². The van der Waals surface area contributed by atoms with Crippen LogP contribution in [0.1, 0.15) is 208 Å². The van der Waals surface area contributed by atoms with Crippen molar-refractivity contribution in [3.63, 3.8) is 0 Å². The van der Waals surface area contributed by atoms with Gasteiger partial charge in [0, 0.05) is 12.8 Å². The Labute approximate surface area is 262 Å². The molecule has 4 heteroatoms. The van der Waals surface area contributed by atoms with Crippen LogP contribution < -0.4 is 29.6 Å². The van der Waals surface area contributed by atoms with Crippen LogP contribution in [0.4, 0.5) is 0 Å². The first-order chi connectivity index (χ1) is 18.2. The minimum absolute atomic E-state index is 0. The van der Waals surface area contributed by atoms with Crippen LogP contribution in [0.15, 0.2) is 0 Å². The third kappa shape index (κ3) is 34.2. The summed E-state index contributed by atoms with van der Waals surface area (Å²) >= 11 is 0. The van der Waals surface area contributed by atoms with Gasteiger partial charge < -0.3 is 6.16 Å². The molecule has 0 aromatic carbocycles. The molecule has 222 valence electrons. The number of esters is 2. The fourth-order valence-electron chi connectivity index (χ4n) is 5.16. The van der Waals surface area contributed by atoms with Crippen LogP contribution in [0.3, 0.4) is 0 Å². The van der Waals surface area contributed by atoms with Gasteiger partial charge in [-0.2, -0.15) is 0 Å². The Kier molecular flexibility index (Phi) is 37.3. The summed E-state index contributed by atoms with van der Waals surface area (Å²) < 4.78 is 5.00. The van der Waals surface area contributed by atoms with E-state index in [1.54, 1.807) is 0 Å². The summed E-state index contributed by atoms with van der Waals surface area (Å²) in [5, 5.41) is 0. The van der Waals surface area contributed by atoms with Crippen molar-refractivity contribution in [2.45, 2.75) is 206 Å². The van der Waals surface area contributed by atoms with Crippen molar-refractivity contribution >= 4 is 11.9 Å². The van der Waals surface area contributed by atoms with E-state index in [1.165, 1.54) is 154 Å². The van der Waals surface area contributed by atoms with Crippen LogP contribution >= 0.6 is 0 Å². The predicted molar refractivity (Wildman–Crippen MR) is 162 cm³/mol. The quantitative estimate of drug-likeness (QED) is 0.0391. The molecule has 0 aliphatic heterocycles. The van der Waals surface area contributed by atoms with Gasteiger partial charge in [0.05, 0.1) is 0 Å². The van der Waals surface area contributed by atoms with E-state index in [1.807, 2.05) is 0 Å². The SMILES string of the molecule is CCCCCCCCCCCCCCCCCC(=O)OC(=O)CCCCCCCCCCCCCCC.[H-].[Na+]. The largest absolute Gasteiger partial charge is 1.00 e. The molecule has 0 aromatic heterocycles. The molecule has 0 saturated carbocycles. The maximum atomic E-state index is 11.9. The Morgan fingerprint density at radius 2 is 0.553 bits per heavy atom. The van der Waals surface area contributed by atoms with E-state index in [0.717, 1.165) is 25.7 Å². The number of hydrogen-bond donors (Lipinski definition) is 0. The molecule has 0 aliphatic rings.